The van der Waals surface area contributed by atoms with Crippen molar-refractivity contribution in [1.29, 1.82) is 0 Å². The third-order valence-electron chi connectivity index (χ3n) is 2.69. The third-order valence-corrected chi connectivity index (χ3v) is 2.69. The molecular weight excluding hydrogens is 200 g/mol. The number of esters is 1. The number of hydrogen-bond acceptors (Lipinski definition) is 2. The summed E-state index contributed by atoms with van der Waals surface area (Å²) >= 11 is 0. The van der Waals surface area contributed by atoms with Gasteiger partial charge in [-0.05, 0) is 29.5 Å². The second kappa shape index (κ2) is 4.97. The predicted octanol–water partition coefficient (Wildman–Crippen LogP) is 3.30. The van der Waals surface area contributed by atoms with Crippen molar-refractivity contribution in [2.45, 2.75) is 26.7 Å². The lowest BCUT2D eigenvalue weighted by molar-refractivity contribution is -0.133. The average Bonchev–Trinajstić information content (AvgIpc) is 2.27. The molecule has 0 fully saturated rings. The van der Waals surface area contributed by atoms with Crippen molar-refractivity contribution < 1.29 is 9.53 Å². The number of carbonyl (C=O) groups excluding carboxylic acids is 1. The second-order valence-corrected chi connectivity index (χ2v) is 4.20. The molecule has 0 aromatic heterocycles. The molecule has 0 aliphatic rings. The van der Waals surface area contributed by atoms with Gasteiger partial charge in [0.25, 0.3) is 0 Å². The van der Waals surface area contributed by atoms with Gasteiger partial charge in [-0.25, -0.2) is 4.79 Å². The first-order valence-corrected chi connectivity index (χ1v) is 5.35. The maximum Gasteiger partial charge on any atom is 0.337 e. The zero-order valence-corrected chi connectivity index (χ0v) is 10.3. The van der Waals surface area contributed by atoms with E-state index in [0.29, 0.717) is 11.5 Å². The zero-order chi connectivity index (χ0) is 12.3. The summed E-state index contributed by atoms with van der Waals surface area (Å²) in [7, 11) is 1.37. The fraction of sp³-hybridized carbons (Fsp3) is 0.357. The molecule has 1 aromatic carbocycles. The van der Waals surface area contributed by atoms with Gasteiger partial charge in [0.05, 0.1) is 12.7 Å². The Kier molecular flexibility index (Phi) is 3.88. The lowest BCUT2D eigenvalue weighted by Gasteiger charge is -2.12. The number of rotatable bonds is 3. The maximum atomic E-state index is 11.4. The molecule has 2 nitrogen and oxygen atoms in total. The molecule has 1 rings (SSSR count). The first-order chi connectivity index (χ1) is 7.47. The number of carbonyl (C=O) groups is 1. The molecule has 0 atom stereocenters. The topological polar surface area (TPSA) is 26.3 Å². The van der Waals surface area contributed by atoms with E-state index in [1.165, 1.54) is 12.7 Å². The van der Waals surface area contributed by atoms with Gasteiger partial charge in [-0.15, -0.1) is 0 Å². The Morgan fingerprint density at radius 3 is 2.50 bits per heavy atom. The minimum Gasteiger partial charge on any atom is -0.465 e. The van der Waals surface area contributed by atoms with E-state index in [1.54, 1.807) is 0 Å². The van der Waals surface area contributed by atoms with Gasteiger partial charge in [0.15, 0.2) is 0 Å². The molecule has 0 unspecified atom stereocenters. The van der Waals surface area contributed by atoms with E-state index in [9.17, 15) is 4.79 Å². The maximum absolute atomic E-state index is 11.4. The molecule has 0 bridgehead atoms. The highest BCUT2D eigenvalue weighted by Crippen LogP contribution is 2.23. The Hall–Kier alpha value is -1.57. The fourth-order valence-corrected chi connectivity index (χ4v) is 1.56. The third kappa shape index (κ3) is 2.51. The first kappa shape index (κ1) is 12.5. The molecule has 0 heterocycles. The molecular formula is C14H18O2. The zero-order valence-electron chi connectivity index (χ0n) is 10.3. The van der Waals surface area contributed by atoms with E-state index in [-0.39, 0.29) is 5.97 Å². The van der Waals surface area contributed by atoms with E-state index in [0.717, 1.165) is 11.1 Å². The van der Waals surface area contributed by atoms with Crippen molar-refractivity contribution in [1.82, 2.24) is 0 Å². The highest BCUT2D eigenvalue weighted by Gasteiger charge is 2.13. The van der Waals surface area contributed by atoms with Crippen LogP contribution in [-0.2, 0) is 9.53 Å². The SMILES string of the molecule is C=C(C(=O)OC)c1cc(C(C)C)ccc1C. The monoisotopic (exact) mass is 218 g/mol. The molecule has 0 amide bonds. The largest absolute Gasteiger partial charge is 0.465 e. The Labute approximate surface area is 96.9 Å². The molecule has 0 aliphatic carbocycles. The van der Waals surface area contributed by atoms with Crippen LogP contribution < -0.4 is 0 Å². The minimum atomic E-state index is -0.371. The van der Waals surface area contributed by atoms with Gasteiger partial charge in [0, 0.05) is 0 Å². The molecule has 0 spiro atoms. The molecule has 0 N–H and O–H groups in total. The van der Waals surface area contributed by atoms with Crippen LogP contribution in [0.4, 0.5) is 0 Å². The smallest absolute Gasteiger partial charge is 0.337 e. The standard InChI is InChI=1S/C14H18O2/c1-9(2)12-7-6-10(3)13(8-12)11(4)14(15)16-5/h6-9H,4H2,1-3,5H3. The van der Waals surface area contributed by atoms with Crippen LogP contribution in [0.2, 0.25) is 0 Å². The molecule has 1 aromatic rings. The van der Waals surface area contributed by atoms with Crippen molar-refractivity contribution in [3.05, 3.63) is 41.5 Å². The van der Waals surface area contributed by atoms with Crippen LogP contribution in [0.3, 0.4) is 0 Å². The van der Waals surface area contributed by atoms with Crippen LogP contribution in [0, 0.1) is 6.92 Å². The molecule has 2 heteroatoms. The van der Waals surface area contributed by atoms with Gasteiger partial charge >= 0.3 is 5.97 Å². The van der Waals surface area contributed by atoms with Gasteiger partial charge in [-0.3, -0.25) is 0 Å². The van der Waals surface area contributed by atoms with E-state index < -0.39 is 0 Å². The van der Waals surface area contributed by atoms with Gasteiger partial charge in [0.1, 0.15) is 0 Å². The summed E-state index contributed by atoms with van der Waals surface area (Å²) in [5.74, 6) is 0.0637. The van der Waals surface area contributed by atoms with Crippen molar-refractivity contribution in [3.63, 3.8) is 0 Å². The summed E-state index contributed by atoms with van der Waals surface area (Å²) in [6.07, 6.45) is 0. The van der Waals surface area contributed by atoms with E-state index in [2.05, 4.69) is 31.2 Å². The van der Waals surface area contributed by atoms with Crippen LogP contribution in [0.5, 0.6) is 0 Å². The van der Waals surface area contributed by atoms with Crippen molar-refractivity contribution in [2.24, 2.45) is 0 Å². The first-order valence-electron chi connectivity index (χ1n) is 5.35. The number of aryl methyl sites for hydroxylation is 1. The molecule has 0 saturated carbocycles. The Morgan fingerprint density at radius 1 is 1.38 bits per heavy atom. The molecule has 0 radical (unpaired) electrons. The number of hydrogen-bond donors (Lipinski definition) is 0. The quantitative estimate of drug-likeness (QED) is 0.574. The van der Waals surface area contributed by atoms with Crippen molar-refractivity contribution in [3.8, 4) is 0 Å². The van der Waals surface area contributed by atoms with Crippen LogP contribution >= 0.6 is 0 Å². The van der Waals surface area contributed by atoms with E-state index >= 15 is 0 Å². The van der Waals surface area contributed by atoms with Crippen LogP contribution in [0.15, 0.2) is 24.8 Å². The highest BCUT2D eigenvalue weighted by atomic mass is 16.5. The highest BCUT2D eigenvalue weighted by molar-refractivity contribution is 6.16. The second-order valence-electron chi connectivity index (χ2n) is 4.20. The van der Waals surface area contributed by atoms with Gasteiger partial charge in [-0.1, -0.05) is 38.6 Å². The number of ether oxygens (including phenoxy) is 1. The summed E-state index contributed by atoms with van der Waals surface area (Å²) in [4.78, 5) is 11.4. The molecule has 16 heavy (non-hydrogen) atoms. The number of methoxy groups -OCH3 is 1. The summed E-state index contributed by atoms with van der Waals surface area (Å²) in [6.45, 7) is 9.99. The lowest BCUT2D eigenvalue weighted by atomic mass is 9.94. The van der Waals surface area contributed by atoms with E-state index in [1.807, 2.05) is 19.1 Å². The average molecular weight is 218 g/mol. The summed E-state index contributed by atoms with van der Waals surface area (Å²) in [5, 5.41) is 0. The van der Waals surface area contributed by atoms with Crippen LogP contribution in [-0.4, -0.2) is 13.1 Å². The fourth-order valence-electron chi connectivity index (χ4n) is 1.56. The minimum absolute atomic E-state index is 0.371. The number of benzene rings is 1. The summed E-state index contributed by atoms with van der Waals surface area (Å²) in [6, 6.07) is 6.10. The lowest BCUT2D eigenvalue weighted by Crippen LogP contribution is -2.04. The normalized spacial score (nSPS) is 10.3. The summed E-state index contributed by atoms with van der Waals surface area (Å²) < 4.78 is 4.68. The van der Waals surface area contributed by atoms with Crippen LogP contribution in [0.1, 0.15) is 36.5 Å². The predicted molar refractivity (Wildman–Crippen MR) is 66.3 cm³/mol. The molecule has 0 saturated heterocycles. The van der Waals surface area contributed by atoms with Gasteiger partial charge in [-0.2, -0.15) is 0 Å². The van der Waals surface area contributed by atoms with Crippen LogP contribution in [0.25, 0.3) is 5.57 Å². The Morgan fingerprint density at radius 2 is 2.00 bits per heavy atom. The molecule has 86 valence electrons. The van der Waals surface area contributed by atoms with Crippen molar-refractivity contribution in [2.75, 3.05) is 7.11 Å². The van der Waals surface area contributed by atoms with E-state index in [4.69, 9.17) is 0 Å². The molecule has 0 aliphatic heterocycles. The van der Waals surface area contributed by atoms with Gasteiger partial charge in [0.2, 0.25) is 0 Å². The van der Waals surface area contributed by atoms with Crippen molar-refractivity contribution >= 4 is 11.5 Å². The van der Waals surface area contributed by atoms with Gasteiger partial charge < -0.3 is 4.74 Å². The summed E-state index contributed by atoms with van der Waals surface area (Å²) in [5.41, 5.74) is 3.53. The Bertz CT molecular complexity index is 417. The Balaban J connectivity index is 3.17.